The zero-order chi connectivity index (χ0) is 20.5. The van der Waals surface area contributed by atoms with Crippen LogP contribution in [0.5, 0.6) is 0 Å². The van der Waals surface area contributed by atoms with Crippen molar-refractivity contribution in [3.63, 3.8) is 0 Å². The fraction of sp³-hybridized carbons (Fsp3) is 0.269. The van der Waals surface area contributed by atoms with Crippen LogP contribution in [0, 0.1) is 0 Å². The third kappa shape index (κ3) is 3.48. The van der Waals surface area contributed by atoms with E-state index in [1.165, 1.54) is 11.1 Å². The van der Waals surface area contributed by atoms with Gasteiger partial charge in [-0.3, -0.25) is 4.79 Å². The van der Waals surface area contributed by atoms with E-state index < -0.39 is 6.23 Å². The van der Waals surface area contributed by atoms with E-state index in [9.17, 15) is 9.90 Å². The molecule has 4 heteroatoms. The quantitative estimate of drug-likeness (QED) is 0.742. The molecule has 0 aromatic heterocycles. The minimum absolute atomic E-state index is 0.0947. The summed E-state index contributed by atoms with van der Waals surface area (Å²) in [5.41, 5.74) is 4.36. The zero-order valence-electron chi connectivity index (χ0n) is 17.0. The summed E-state index contributed by atoms with van der Waals surface area (Å²) in [6.07, 6.45) is 15.3. The van der Waals surface area contributed by atoms with Crippen LogP contribution in [-0.4, -0.2) is 40.4 Å². The fourth-order valence-corrected chi connectivity index (χ4v) is 4.68. The predicted molar refractivity (Wildman–Crippen MR) is 120 cm³/mol. The minimum atomic E-state index is -0.904. The third-order valence-electron chi connectivity index (χ3n) is 6.21. The van der Waals surface area contributed by atoms with Crippen molar-refractivity contribution >= 4 is 16.7 Å². The molecule has 0 spiro atoms. The van der Waals surface area contributed by atoms with Gasteiger partial charge in [0.15, 0.2) is 6.23 Å². The number of hydrogen-bond acceptors (Lipinski definition) is 3. The van der Waals surface area contributed by atoms with Crippen LogP contribution < -0.4 is 0 Å². The first-order chi connectivity index (χ1) is 14.7. The van der Waals surface area contributed by atoms with Crippen LogP contribution >= 0.6 is 0 Å². The predicted octanol–water partition coefficient (Wildman–Crippen LogP) is 4.71. The third-order valence-corrected chi connectivity index (χ3v) is 6.21. The molecule has 0 radical (unpaired) electrons. The summed E-state index contributed by atoms with van der Waals surface area (Å²) in [7, 11) is 0. The molecular formula is C26H26N2O2. The van der Waals surface area contributed by atoms with E-state index in [4.69, 9.17) is 0 Å². The van der Waals surface area contributed by atoms with E-state index >= 15 is 0 Å². The van der Waals surface area contributed by atoms with Gasteiger partial charge >= 0.3 is 0 Å². The number of rotatable bonds is 5. The second-order valence-corrected chi connectivity index (χ2v) is 8.21. The smallest absolute Gasteiger partial charge is 0.256 e. The number of benzene rings is 2. The number of carbonyl (C=O) groups is 1. The van der Waals surface area contributed by atoms with Crippen LogP contribution in [0.15, 0.2) is 84.1 Å². The topological polar surface area (TPSA) is 43.8 Å². The van der Waals surface area contributed by atoms with Gasteiger partial charge < -0.3 is 14.9 Å². The highest BCUT2D eigenvalue weighted by Gasteiger charge is 2.32. The monoisotopic (exact) mass is 398 g/mol. The number of amides is 1. The van der Waals surface area contributed by atoms with E-state index in [0.717, 1.165) is 42.1 Å². The Hall–Kier alpha value is -3.11. The average Bonchev–Trinajstić information content (AvgIpc) is 2.78. The maximum absolute atomic E-state index is 13.1. The number of aliphatic hydroxyl groups is 1. The van der Waals surface area contributed by atoms with Gasteiger partial charge in [0.05, 0.1) is 0 Å². The lowest BCUT2D eigenvalue weighted by atomic mass is 9.93. The molecule has 0 fully saturated rings. The number of hydrogen-bond donors (Lipinski definition) is 1. The van der Waals surface area contributed by atoms with Gasteiger partial charge in [0, 0.05) is 36.1 Å². The first-order valence-corrected chi connectivity index (χ1v) is 10.6. The molecule has 5 rings (SSSR count). The SMILES string of the molecule is O=C1c2cccc3cccc(c23)C(O)N1CCN1C=CC=C(CC2=CCC=CC2)C1. The van der Waals surface area contributed by atoms with Gasteiger partial charge in [0.25, 0.3) is 5.91 Å². The molecule has 1 N–H and O–H groups in total. The maximum atomic E-state index is 13.1. The summed E-state index contributed by atoms with van der Waals surface area (Å²) in [6.45, 7) is 2.03. The van der Waals surface area contributed by atoms with E-state index in [-0.39, 0.29) is 5.91 Å². The molecule has 1 aliphatic carbocycles. The average molecular weight is 399 g/mol. The molecule has 4 nitrogen and oxygen atoms in total. The van der Waals surface area contributed by atoms with Gasteiger partial charge in [-0.05, 0) is 48.6 Å². The Morgan fingerprint density at radius 2 is 1.90 bits per heavy atom. The molecule has 1 unspecified atom stereocenters. The molecule has 0 saturated heterocycles. The Balaban J connectivity index is 1.27. The lowest BCUT2D eigenvalue weighted by Crippen LogP contribution is -2.42. The Kier molecular flexibility index (Phi) is 5.01. The lowest BCUT2D eigenvalue weighted by molar-refractivity contribution is 0.00285. The van der Waals surface area contributed by atoms with Gasteiger partial charge in [-0.15, -0.1) is 0 Å². The highest BCUT2D eigenvalue weighted by atomic mass is 16.3. The summed E-state index contributed by atoms with van der Waals surface area (Å²) in [5.74, 6) is -0.0947. The van der Waals surface area contributed by atoms with Crippen LogP contribution in [0.25, 0.3) is 10.8 Å². The van der Waals surface area contributed by atoms with E-state index in [0.29, 0.717) is 18.7 Å². The molecule has 3 aliphatic rings. The molecule has 1 atom stereocenters. The van der Waals surface area contributed by atoms with Gasteiger partial charge in [-0.25, -0.2) is 0 Å². The van der Waals surface area contributed by atoms with E-state index in [2.05, 4.69) is 41.5 Å². The molecule has 30 heavy (non-hydrogen) atoms. The zero-order valence-corrected chi connectivity index (χ0v) is 17.0. The van der Waals surface area contributed by atoms with Gasteiger partial charge in [-0.2, -0.15) is 0 Å². The summed E-state index contributed by atoms with van der Waals surface area (Å²) in [5, 5.41) is 12.8. The Morgan fingerprint density at radius 1 is 1.03 bits per heavy atom. The number of allylic oxidation sites excluding steroid dienone is 6. The molecule has 2 aromatic rings. The first-order valence-electron chi connectivity index (χ1n) is 10.6. The molecule has 1 amide bonds. The van der Waals surface area contributed by atoms with Crippen molar-refractivity contribution < 1.29 is 9.90 Å². The molecule has 0 bridgehead atoms. The van der Waals surface area contributed by atoms with Crippen LogP contribution in [0.4, 0.5) is 0 Å². The van der Waals surface area contributed by atoms with Crippen molar-refractivity contribution in [3.05, 3.63) is 95.3 Å². The highest BCUT2D eigenvalue weighted by molar-refractivity contribution is 6.10. The molecular weight excluding hydrogens is 372 g/mol. The van der Waals surface area contributed by atoms with Crippen LogP contribution in [0.3, 0.4) is 0 Å². The summed E-state index contributed by atoms with van der Waals surface area (Å²) in [4.78, 5) is 16.9. The van der Waals surface area contributed by atoms with Crippen molar-refractivity contribution in [2.75, 3.05) is 19.6 Å². The minimum Gasteiger partial charge on any atom is -0.372 e. The van der Waals surface area contributed by atoms with Crippen LogP contribution in [-0.2, 0) is 0 Å². The molecule has 2 heterocycles. The summed E-state index contributed by atoms with van der Waals surface area (Å²) < 4.78 is 0. The second-order valence-electron chi connectivity index (χ2n) is 8.21. The molecule has 2 aromatic carbocycles. The Labute approximate surface area is 177 Å². The Morgan fingerprint density at radius 3 is 2.73 bits per heavy atom. The van der Waals surface area contributed by atoms with Crippen molar-refractivity contribution in [2.24, 2.45) is 0 Å². The van der Waals surface area contributed by atoms with Crippen LogP contribution in [0.1, 0.15) is 41.4 Å². The molecule has 0 saturated carbocycles. The standard InChI is InChI=1S/C26H26N2O2/c29-25-22-12-4-10-21-11-5-13-23(24(21)22)26(30)28(25)16-15-27-14-6-9-20(18-27)17-19-7-2-1-3-8-19/h1-2,4-6,8-14,25,29H,3,7,15-18H2. The van der Waals surface area contributed by atoms with Crippen molar-refractivity contribution in [1.82, 2.24) is 9.80 Å². The van der Waals surface area contributed by atoms with Crippen molar-refractivity contribution in [2.45, 2.75) is 25.5 Å². The number of carbonyl (C=O) groups excluding carboxylic acids is 1. The first kappa shape index (κ1) is 18.9. The van der Waals surface area contributed by atoms with Crippen molar-refractivity contribution in [1.29, 1.82) is 0 Å². The summed E-state index contributed by atoms with van der Waals surface area (Å²) in [6, 6.07) is 11.6. The Bertz CT molecular complexity index is 1100. The van der Waals surface area contributed by atoms with E-state index in [1.807, 2.05) is 36.4 Å². The molecule has 2 aliphatic heterocycles. The second kappa shape index (κ2) is 7.96. The van der Waals surface area contributed by atoms with Crippen molar-refractivity contribution in [3.8, 4) is 0 Å². The van der Waals surface area contributed by atoms with Crippen LogP contribution in [0.2, 0.25) is 0 Å². The normalized spacial score (nSPS) is 20.6. The highest BCUT2D eigenvalue weighted by Crippen LogP contribution is 2.35. The summed E-state index contributed by atoms with van der Waals surface area (Å²) >= 11 is 0. The van der Waals surface area contributed by atoms with Gasteiger partial charge in [0.2, 0.25) is 0 Å². The fourth-order valence-electron chi connectivity index (χ4n) is 4.68. The van der Waals surface area contributed by atoms with Gasteiger partial charge in [-0.1, -0.05) is 60.2 Å². The number of aliphatic hydroxyl groups excluding tert-OH is 1. The number of nitrogens with zero attached hydrogens (tertiary/aromatic N) is 2. The van der Waals surface area contributed by atoms with E-state index in [1.54, 1.807) is 4.90 Å². The molecule has 152 valence electrons. The maximum Gasteiger partial charge on any atom is 0.256 e. The van der Waals surface area contributed by atoms with Gasteiger partial charge in [0.1, 0.15) is 0 Å². The lowest BCUT2D eigenvalue weighted by Gasteiger charge is -2.35. The largest absolute Gasteiger partial charge is 0.372 e.